The largest absolute Gasteiger partial charge is 0.389 e. The molecule has 1 fully saturated rings. The Morgan fingerprint density at radius 3 is 2.06 bits per heavy atom. The molecule has 176 valence electrons. The summed E-state index contributed by atoms with van der Waals surface area (Å²) in [5.41, 5.74) is 4.34. The number of aliphatic hydroxyl groups excluding tert-OH is 1. The van der Waals surface area contributed by atoms with E-state index in [1.165, 1.54) is 24.3 Å². The minimum Gasteiger partial charge on any atom is -0.389 e. The predicted octanol–water partition coefficient (Wildman–Crippen LogP) is 7.73. The van der Waals surface area contributed by atoms with Gasteiger partial charge in [-0.1, -0.05) is 84.9 Å². The summed E-state index contributed by atoms with van der Waals surface area (Å²) in [4.78, 5) is 0. The van der Waals surface area contributed by atoms with Crippen LogP contribution in [0.4, 0.5) is 13.2 Å². The van der Waals surface area contributed by atoms with Crippen LogP contribution in [-0.2, 0) is 4.74 Å². The second-order valence-corrected chi connectivity index (χ2v) is 8.64. The summed E-state index contributed by atoms with van der Waals surface area (Å²) >= 11 is 0. The monoisotopic (exact) mass is 472 g/mol. The van der Waals surface area contributed by atoms with Crippen LogP contribution >= 0.6 is 0 Å². The van der Waals surface area contributed by atoms with E-state index in [0.717, 1.165) is 16.7 Å². The lowest BCUT2D eigenvalue weighted by Gasteiger charge is -2.09. The predicted molar refractivity (Wildman–Crippen MR) is 132 cm³/mol. The molecule has 2 unspecified atom stereocenters. The van der Waals surface area contributed by atoms with Gasteiger partial charge in [-0.05, 0) is 40.8 Å². The van der Waals surface area contributed by atoms with Crippen LogP contribution in [0.3, 0.4) is 0 Å². The summed E-state index contributed by atoms with van der Waals surface area (Å²) in [5.74, 6) is -2.17. The molecule has 4 aromatic rings. The number of ether oxygens (including phenoxy) is 1. The zero-order valence-corrected chi connectivity index (χ0v) is 19.0. The third-order valence-corrected chi connectivity index (χ3v) is 6.19. The second kappa shape index (κ2) is 9.53. The van der Waals surface area contributed by atoms with Crippen LogP contribution in [-0.4, -0.2) is 11.7 Å². The number of benzene rings is 4. The Morgan fingerprint density at radius 1 is 0.800 bits per heavy atom. The topological polar surface area (TPSA) is 32.8 Å². The van der Waals surface area contributed by atoms with E-state index in [1.54, 1.807) is 67.6 Å². The van der Waals surface area contributed by atoms with Crippen molar-refractivity contribution in [2.24, 2.45) is 0 Å². The molecule has 5 heteroatoms. The van der Waals surface area contributed by atoms with Crippen molar-refractivity contribution in [3.05, 3.63) is 119 Å². The maximum Gasteiger partial charge on any atom is 0.167 e. The zero-order valence-electron chi connectivity index (χ0n) is 19.0. The molecule has 1 saturated heterocycles. The van der Waals surface area contributed by atoms with Gasteiger partial charge < -0.3 is 9.84 Å². The zero-order chi connectivity index (χ0) is 24.5. The van der Waals surface area contributed by atoms with Crippen molar-refractivity contribution in [1.29, 1.82) is 0 Å². The highest BCUT2D eigenvalue weighted by atomic mass is 19.2. The van der Waals surface area contributed by atoms with Crippen LogP contribution in [0.5, 0.6) is 0 Å². The molecule has 4 aromatic carbocycles. The molecule has 0 saturated carbocycles. The average Bonchev–Trinajstić information content (AvgIpc) is 3.71. The second-order valence-electron chi connectivity index (χ2n) is 8.64. The van der Waals surface area contributed by atoms with Crippen LogP contribution in [0, 0.1) is 17.5 Å². The van der Waals surface area contributed by atoms with Crippen LogP contribution in [0.25, 0.3) is 34.4 Å². The van der Waals surface area contributed by atoms with Crippen LogP contribution in [0.15, 0.2) is 78.9 Å². The molecular formula is C30H23F3O2. The number of hydrogen-bond donors (Lipinski definition) is 1. The first-order valence-corrected chi connectivity index (χ1v) is 11.4. The number of aliphatic hydroxyl groups is 1. The molecule has 0 radical (unpaired) electrons. The Labute approximate surface area is 202 Å². The summed E-state index contributed by atoms with van der Waals surface area (Å²) in [5, 5.41) is 9.63. The van der Waals surface area contributed by atoms with Crippen molar-refractivity contribution < 1.29 is 23.0 Å². The minimum absolute atomic E-state index is 0.000917. The molecule has 1 aliphatic rings. The Morgan fingerprint density at radius 2 is 1.43 bits per heavy atom. The summed E-state index contributed by atoms with van der Waals surface area (Å²) in [6, 6.07) is 22.1. The van der Waals surface area contributed by atoms with Crippen LogP contribution < -0.4 is 0 Å². The van der Waals surface area contributed by atoms with Gasteiger partial charge in [0.15, 0.2) is 11.6 Å². The molecule has 0 aromatic heterocycles. The van der Waals surface area contributed by atoms with Crippen LogP contribution in [0.1, 0.15) is 41.4 Å². The summed E-state index contributed by atoms with van der Waals surface area (Å²) in [6.07, 6.45) is 2.57. The average molecular weight is 473 g/mol. The first kappa shape index (κ1) is 23.1. The lowest BCUT2D eigenvalue weighted by molar-refractivity contribution is 0.199. The molecule has 0 amide bonds. The molecule has 35 heavy (non-hydrogen) atoms. The number of halogens is 3. The van der Waals surface area contributed by atoms with E-state index >= 15 is 0 Å². The van der Waals surface area contributed by atoms with Gasteiger partial charge in [0.2, 0.25) is 0 Å². The summed E-state index contributed by atoms with van der Waals surface area (Å²) in [7, 11) is 0. The number of epoxide rings is 1. The lowest BCUT2D eigenvalue weighted by atomic mass is 9.99. The standard InChI is InChI=1S/C30H23F3O2/c1-18(34)20-8-10-22(11-9-20)26-15-12-23(29(32)30(26)33)7-4-19-2-5-21(6-3-19)25-14-13-24(16-27(25)31)28-17-35-28/h2-16,18,28,34H,17H2,1H3/b7-4+. The van der Waals surface area contributed by atoms with E-state index in [2.05, 4.69) is 0 Å². The molecule has 1 heterocycles. The van der Waals surface area contributed by atoms with E-state index < -0.39 is 17.7 Å². The van der Waals surface area contributed by atoms with E-state index in [4.69, 9.17) is 4.74 Å². The number of rotatable bonds is 6. The fourth-order valence-electron chi connectivity index (χ4n) is 4.02. The van der Waals surface area contributed by atoms with Crippen molar-refractivity contribution in [3.63, 3.8) is 0 Å². The minimum atomic E-state index is -0.934. The van der Waals surface area contributed by atoms with Gasteiger partial charge >= 0.3 is 0 Å². The molecule has 1 aliphatic heterocycles. The van der Waals surface area contributed by atoms with E-state index in [9.17, 15) is 18.3 Å². The summed E-state index contributed by atoms with van der Waals surface area (Å²) in [6.45, 7) is 2.27. The van der Waals surface area contributed by atoms with Gasteiger partial charge in [-0.3, -0.25) is 0 Å². The lowest BCUT2D eigenvalue weighted by Crippen LogP contribution is -1.95. The van der Waals surface area contributed by atoms with Gasteiger partial charge in [-0.25, -0.2) is 13.2 Å². The Balaban J connectivity index is 1.33. The van der Waals surface area contributed by atoms with Gasteiger partial charge in [-0.2, -0.15) is 0 Å². The maximum absolute atomic E-state index is 14.8. The molecular weight excluding hydrogens is 449 g/mol. The SMILES string of the molecule is CC(O)c1ccc(-c2ccc(/C=C/c3ccc(-c4ccc(C5CO5)cc4F)cc3)c(F)c2F)cc1. The molecule has 0 bridgehead atoms. The van der Waals surface area contributed by atoms with Gasteiger partial charge in [0.1, 0.15) is 11.9 Å². The molecule has 0 spiro atoms. The van der Waals surface area contributed by atoms with Gasteiger partial charge in [0.25, 0.3) is 0 Å². The Bertz CT molecular complexity index is 1390. The fraction of sp³-hybridized carbons (Fsp3) is 0.133. The van der Waals surface area contributed by atoms with E-state index in [-0.39, 0.29) is 23.0 Å². The highest BCUT2D eigenvalue weighted by Crippen LogP contribution is 2.33. The van der Waals surface area contributed by atoms with Gasteiger partial charge in [0, 0.05) is 16.7 Å². The van der Waals surface area contributed by atoms with Gasteiger partial charge in [0.05, 0.1) is 12.7 Å². The first-order valence-electron chi connectivity index (χ1n) is 11.4. The molecule has 2 nitrogen and oxygen atoms in total. The fourth-order valence-corrected chi connectivity index (χ4v) is 4.02. The maximum atomic E-state index is 14.8. The third-order valence-electron chi connectivity index (χ3n) is 6.19. The highest BCUT2D eigenvalue weighted by molar-refractivity contribution is 5.74. The highest BCUT2D eigenvalue weighted by Gasteiger charge is 2.25. The first-order chi connectivity index (χ1) is 16.9. The third kappa shape index (κ3) is 4.92. The summed E-state index contributed by atoms with van der Waals surface area (Å²) < 4.78 is 49.3. The molecule has 1 N–H and O–H groups in total. The van der Waals surface area contributed by atoms with Crippen molar-refractivity contribution in [2.75, 3.05) is 6.61 Å². The molecule has 0 aliphatic carbocycles. The Kier molecular flexibility index (Phi) is 6.29. The van der Waals surface area contributed by atoms with Gasteiger partial charge in [-0.15, -0.1) is 0 Å². The normalized spacial score (nSPS) is 16.0. The number of hydrogen-bond acceptors (Lipinski definition) is 2. The smallest absolute Gasteiger partial charge is 0.167 e. The quantitative estimate of drug-likeness (QED) is 0.230. The Hall–Kier alpha value is -3.67. The molecule has 5 rings (SSSR count). The molecule has 2 atom stereocenters. The van der Waals surface area contributed by atoms with Crippen molar-refractivity contribution >= 4 is 12.2 Å². The van der Waals surface area contributed by atoms with Crippen LogP contribution in [0.2, 0.25) is 0 Å². The van der Waals surface area contributed by atoms with E-state index in [0.29, 0.717) is 23.3 Å². The van der Waals surface area contributed by atoms with Crippen molar-refractivity contribution in [2.45, 2.75) is 19.1 Å². The van der Waals surface area contributed by atoms with Crippen molar-refractivity contribution in [3.8, 4) is 22.3 Å². The van der Waals surface area contributed by atoms with Crippen molar-refractivity contribution in [1.82, 2.24) is 0 Å². The van der Waals surface area contributed by atoms with E-state index in [1.807, 2.05) is 6.07 Å².